The van der Waals surface area contributed by atoms with Crippen LogP contribution in [0, 0.1) is 0 Å². The Bertz CT molecular complexity index is 3840. The van der Waals surface area contributed by atoms with E-state index in [-0.39, 0.29) is 0 Å². The molecule has 13 rings (SSSR count). The molecule has 0 unspecified atom stereocenters. The lowest BCUT2D eigenvalue weighted by Crippen LogP contribution is -1.96. The van der Waals surface area contributed by atoms with Crippen LogP contribution in [0.5, 0.6) is 0 Å². The molecule has 0 aliphatic rings. The smallest absolute Gasteiger partial charge is 0.160 e. The Morgan fingerprint density at radius 3 is 1.58 bits per heavy atom. The number of hydrogen-bond acceptors (Lipinski definition) is 3. The van der Waals surface area contributed by atoms with Crippen LogP contribution in [0.15, 0.2) is 194 Å². The van der Waals surface area contributed by atoms with E-state index in [1.54, 1.807) is 0 Å². The third-order valence-electron chi connectivity index (χ3n) is 12.4. The molecule has 0 spiro atoms. The summed E-state index contributed by atoms with van der Waals surface area (Å²) in [6.45, 7) is 0. The second-order valence-corrected chi connectivity index (χ2v) is 16.7. The molecule has 0 fully saturated rings. The van der Waals surface area contributed by atoms with E-state index in [1.165, 1.54) is 90.4 Å². The van der Waals surface area contributed by atoms with Gasteiger partial charge in [0.2, 0.25) is 0 Å². The molecule has 11 aromatic carbocycles. The molecular formula is C56H32N2S. The first-order valence-corrected chi connectivity index (χ1v) is 21.0. The molecule has 13 aromatic rings. The lowest BCUT2D eigenvalue weighted by Gasteiger charge is -2.17. The van der Waals surface area contributed by atoms with Gasteiger partial charge in [-0.2, -0.15) is 0 Å². The summed E-state index contributed by atoms with van der Waals surface area (Å²) in [4.78, 5) is 10.5. The minimum Gasteiger partial charge on any atom is -0.228 e. The lowest BCUT2D eigenvalue weighted by molar-refractivity contribution is 1.19. The SMILES string of the molecule is c1ccc(-c2nc(-c3cccc(-c4cc5ccc6cccc7c8cccc9ccc%10cccc(c(c4)c5c67)c%10c98)c3)cc(-c3cccc4sc5ccccc5c34)n2)cc1. The van der Waals surface area contributed by atoms with Crippen molar-refractivity contribution in [2.45, 2.75) is 0 Å². The average Bonchev–Trinajstić information content (AvgIpc) is 3.69. The molecule has 0 amide bonds. The number of rotatable bonds is 4. The van der Waals surface area contributed by atoms with Crippen molar-refractivity contribution >= 4 is 96.1 Å². The minimum absolute atomic E-state index is 0.715. The van der Waals surface area contributed by atoms with Crippen LogP contribution in [0.4, 0.5) is 0 Å². The summed E-state index contributed by atoms with van der Waals surface area (Å²) in [5, 5.41) is 17.9. The van der Waals surface area contributed by atoms with Crippen LogP contribution in [0.1, 0.15) is 0 Å². The van der Waals surface area contributed by atoms with Gasteiger partial charge in [0.1, 0.15) is 0 Å². The summed E-state index contributed by atoms with van der Waals surface area (Å²) in [6, 6.07) is 71.0. The quantitative estimate of drug-likeness (QED) is 0.167. The molecule has 0 atom stereocenters. The molecule has 3 heteroatoms. The van der Waals surface area contributed by atoms with E-state index in [0.717, 1.165) is 33.6 Å². The Balaban J connectivity index is 1.07. The van der Waals surface area contributed by atoms with Crippen LogP contribution < -0.4 is 0 Å². The normalized spacial score (nSPS) is 12.1. The number of fused-ring (bicyclic) bond motifs is 5. The predicted octanol–water partition coefficient (Wildman–Crippen LogP) is 15.9. The van der Waals surface area contributed by atoms with Gasteiger partial charge in [-0.3, -0.25) is 0 Å². The standard InChI is InChI=1S/C56H32N2S/c1-2-11-36(12-3-1)56-57-47(32-48(58-56)44-22-10-24-50-55(44)45-18-4-5-23-49(45)59-50)38-17-6-16-37(29-38)40-30-39-28-27-35-14-8-20-42-41-19-7-13-33-25-26-34-15-9-21-43(53(34)51(33)41)46(31-40)54(39)52(35)42/h1-32H. The van der Waals surface area contributed by atoms with Gasteiger partial charge in [-0.25, -0.2) is 9.97 Å². The third-order valence-corrected chi connectivity index (χ3v) is 13.5. The number of nitrogens with zero attached hydrogens (tertiary/aromatic N) is 2. The van der Waals surface area contributed by atoms with E-state index < -0.39 is 0 Å². The van der Waals surface area contributed by atoms with Crippen LogP contribution in [0.25, 0.3) is 130 Å². The van der Waals surface area contributed by atoms with E-state index in [2.05, 4.69) is 188 Å². The van der Waals surface area contributed by atoms with Crippen LogP contribution in [-0.2, 0) is 0 Å². The first kappa shape index (κ1) is 32.6. The topological polar surface area (TPSA) is 25.8 Å². The van der Waals surface area contributed by atoms with Gasteiger partial charge in [-0.1, -0.05) is 158 Å². The summed E-state index contributed by atoms with van der Waals surface area (Å²) in [6.07, 6.45) is 0. The maximum absolute atomic E-state index is 5.27. The highest BCUT2D eigenvalue weighted by molar-refractivity contribution is 7.25. The molecule has 0 aliphatic heterocycles. The molecule has 2 heterocycles. The van der Waals surface area contributed by atoms with Gasteiger partial charge < -0.3 is 0 Å². The van der Waals surface area contributed by atoms with Crippen molar-refractivity contribution in [1.29, 1.82) is 0 Å². The van der Waals surface area contributed by atoms with Gasteiger partial charge in [0.05, 0.1) is 11.4 Å². The zero-order chi connectivity index (χ0) is 38.6. The summed E-state index contributed by atoms with van der Waals surface area (Å²) < 4.78 is 2.54. The molecule has 0 N–H and O–H groups in total. The fraction of sp³-hybridized carbons (Fsp3) is 0. The van der Waals surface area contributed by atoms with Gasteiger partial charge in [0.25, 0.3) is 0 Å². The van der Waals surface area contributed by atoms with E-state index in [9.17, 15) is 0 Å². The summed E-state index contributed by atoms with van der Waals surface area (Å²) in [5.74, 6) is 0.715. The Kier molecular flexibility index (Phi) is 6.92. The van der Waals surface area contributed by atoms with E-state index in [0.29, 0.717) is 5.82 Å². The maximum atomic E-state index is 5.27. The van der Waals surface area contributed by atoms with Gasteiger partial charge in [-0.05, 0) is 112 Å². The number of thiophene rings is 1. The minimum atomic E-state index is 0.715. The highest BCUT2D eigenvalue weighted by Crippen LogP contribution is 2.45. The van der Waals surface area contributed by atoms with Crippen LogP contribution in [-0.4, -0.2) is 9.97 Å². The fourth-order valence-electron chi connectivity index (χ4n) is 9.75. The number of aromatic nitrogens is 2. The lowest BCUT2D eigenvalue weighted by atomic mass is 9.86. The monoisotopic (exact) mass is 764 g/mol. The average molecular weight is 765 g/mol. The van der Waals surface area contributed by atoms with Gasteiger partial charge in [0, 0.05) is 36.9 Å². The fourth-order valence-corrected chi connectivity index (χ4v) is 10.9. The van der Waals surface area contributed by atoms with Crippen molar-refractivity contribution in [1.82, 2.24) is 9.97 Å². The first-order valence-electron chi connectivity index (χ1n) is 20.1. The molecular weight excluding hydrogens is 733 g/mol. The van der Waals surface area contributed by atoms with Crippen molar-refractivity contribution in [2.75, 3.05) is 0 Å². The van der Waals surface area contributed by atoms with Crippen molar-refractivity contribution in [3.05, 3.63) is 194 Å². The van der Waals surface area contributed by atoms with E-state index in [4.69, 9.17) is 9.97 Å². The Morgan fingerprint density at radius 2 is 0.831 bits per heavy atom. The zero-order valence-corrected chi connectivity index (χ0v) is 32.6. The number of hydrogen-bond donors (Lipinski definition) is 0. The molecule has 272 valence electrons. The second-order valence-electron chi connectivity index (χ2n) is 15.6. The largest absolute Gasteiger partial charge is 0.228 e. The second kappa shape index (κ2) is 12.5. The van der Waals surface area contributed by atoms with Gasteiger partial charge in [0.15, 0.2) is 5.82 Å². The van der Waals surface area contributed by atoms with Gasteiger partial charge in [-0.15, -0.1) is 11.3 Å². The van der Waals surface area contributed by atoms with Crippen LogP contribution in [0.2, 0.25) is 0 Å². The summed E-state index contributed by atoms with van der Waals surface area (Å²) >= 11 is 1.83. The summed E-state index contributed by atoms with van der Waals surface area (Å²) in [5.41, 5.74) is 7.30. The number of benzene rings is 10. The summed E-state index contributed by atoms with van der Waals surface area (Å²) in [7, 11) is 0. The highest BCUT2D eigenvalue weighted by Gasteiger charge is 2.19. The van der Waals surface area contributed by atoms with E-state index >= 15 is 0 Å². The Morgan fingerprint density at radius 1 is 0.288 bits per heavy atom. The third kappa shape index (κ3) is 4.92. The Labute approximate surface area is 343 Å². The van der Waals surface area contributed by atoms with Crippen molar-refractivity contribution in [2.24, 2.45) is 0 Å². The Hall–Kier alpha value is -7.46. The van der Waals surface area contributed by atoms with Gasteiger partial charge >= 0.3 is 0 Å². The molecule has 2 nitrogen and oxygen atoms in total. The van der Waals surface area contributed by atoms with E-state index in [1.807, 2.05) is 17.4 Å². The van der Waals surface area contributed by atoms with Crippen LogP contribution >= 0.6 is 11.3 Å². The molecule has 0 radical (unpaired) electrons. The maximum Gasteiger partial charge on any atom is 0.160 e. The molecule has 0 saturated heterocycles. The zero-order valence-electron chi connectivity index (χ0n) is 31.8. The molecule has 0 saturated carbocycles. The predicted molar refractivity (Wildman–Crippen MR) is 253 cm³/mol. The van der Waals surface area contributed by atoms with Crippen molar-refractivity contribution in [3.63, 3.8) is 0 Å². The molecule has 0 aliphatic carbocycles. The molecule has 0 bridgehead atoms. The highest BCUT2D eigenvalue weighted by atomic mass is 32.1. The molecule has 2 aromatic heterocycles. The molecule has 59 heavy (non-hydrogen) atoms. The van der Waals surface area contributed by atoms with Crippen LogP contribution in [0.3, 0.4) is 0 Å². The van der Waals surface area contributed by atoms with Crippen molar-refractivity contribution in [3.8, 4) is 45.0 Å². The first-order chi connectivity index (χ1) is 29.2. The van der Waals surface area contributed by atoms with Crippen molar-refractivity contribution < 1.29 is 0 Å².